The molecule has 0 heterocycles. The summed E-state index contributed by atoms with van der Waals surface area (Å²) in [4.78, 5) is 12.3. The van der Waals surface area contributed by atoms with Gasteiger partial charge in [-0.3, -0.25) is 9.10 Å². The summed E-state index contributed by atoms with van der Waals surface area (Å²) in [6.45, 7) is -0.760. The predicted molar refractivity (Wildman–Crippen MR) is 109 cm³/mol. The molecule has 0 fully saturated rings. The Morgan fingerprint density at radius 1 is 0.933 bits per heavy atom. The van der Waals surface area contributed by atoms with Crippen molar-refractivity contribution in [3.8, 4) is 5.75 Å². The smallest absolute Gasteiger partial charge is 0.264 e. The van der Waals surface area contributed by atoms with Crippen molar-refractivity contribution in [3.05, 3.63) is 84.4 Å². The van der Waals surface area contributed by atoms with Gasteiger partial charge in [0.25, 0.3) is 10.0 Å². The number of amides is 1. The molecule has 30 heavy (non-hydrogen) atoms. The molecule has 1 N–H and O–H groups in total. The first-order chi connectivity index (χ1) is 14.3. The standard InChI is InChI=1S/C21H18F2N2O4S/c1-29-15-10-12-16(13-11-15)30(27,28)25(20-9-5-3-7-18(20)23)14-21(26)24-19-8-4-2-6-17(19)22/h2-13H,14H2,1H3,(H,24,26). The third kappa shape index (κ3) is 4.57. The lowest BCUT2D eigenvalue weighted by molar-refractivity contribution is -0.114. The molecule has 0 aromatic heterocycles. The molecule has 0 spiro atoms. The molecule has 0 unspecified atom stereocenters. The molecule has 3 aromatic rings. The second-order valence-electron chi connectivity index (χ2n) is 6.17. The minimum Gasteiger partial charge on any atom is -0.497 e. The summed E-state index contributed by atoms with van der Waals surface area (Å²) in [5.74, 6) is -1.90. The molecule has 0 bridgehead atoms. The van der Waals surface area contributed by atoms with Gasteiger partial charge in [0.2, 0.25) is 5.91 Å². The van der Waals surface area contributed by atoms with Gasteiger partial charge in [-0.25, -0.2) is 17.2 Å². The van der Waals surface area contributed by atoms with Crippen LogP contribution in [0, 0.1) is 11.6 Å². The number of ether oxygens (including phenoxy) is 1. The number of benzene rings is 3. The molecule has 0 saturated heterocycles. The Hall–Kier alpha value is -3.46. The van der Waals surface area contributed by atoms with Crippen molar-refractivity contribution in [2.45, 2.75) is 4.90 Å². The fourth-order valence-corrected chi connectivity index (χ4v) is 4.14. The van der Waals surface area contributed by atoms with Gasteiger partial charge < -0.3 is 10.1 Å². The highest BCUT2D eigenvalue weighted by Crippen LogP contribution is 2.27. The summed E-state index contributed by atoms with van der Waals surface area (Å²) in [6, 6.07) is 16.1. The molecule has 0 aliphatic heterocycles. The molecule has 0 aliphatic carbocycles. The topological polar surface area (TPSA) is 75.7 Å². The molecular weight excluding hydrogens is 414 g/mol. The van der Waals surface area contributed by atoms with Crippen LogP contribution in [0.2, 0.25) is 0 Å². The van der Waals surface area contributed by atoms with E-state index in [2.05, 4.69) is 5.32 Å². The molecule has 0 aliphatic rings. The third-order valence-electron chi connectivity index (χ3n) is 4.20. The fourth-order valence-electron chi connectivity index (χ4n) is 2.71. The number of halogens is 2. The van der Waals surface area contributed by atoms with Gasteiger partial charge in [-0.1, -0.05) is 24.3 Å². The Morgan fingerprint density at radius 2 is 1.53 bits per heavy atom. The van der Waals surface area contributed by atoms with Crippen molar-refractivity contribution in [1.29, 1.82) is 0 Å². The molecule has 3 rings (SSSR count). The predicted octanol–water partition coefficient (Wildman–Crippen LogP) is 3.81. The van der Waals surface area contributed by atoms with Gasteiger partial charge in [0.15, 0.2) is 0 Å². The van der Waals surface area contributed by atoms with Crippen molar-refractivity contribution >= 4 is 27.3 Å². The Morgan fingerprint density at radius 3 is 2.13 bits per heavy atom. The van der Waals surface area contributed by atoms with Gasteiger partial charge >= 0.3 is 0 Å². The molecule has 0 saturated carbocycles. The lowest BCUT2D eigenvalue weighted by Gasteiger charge is -2.24. The average molecular weight is 432 g/mol. The largest absolute Gasteiger partial charge is 0.497 e. The van der Waals surface area contributed by atoms with Crippen LogP contribution in [0.15, 0.2) is 77.7 Å². The van der Waals surface area contributed by atoms with E-state index in [1.54, 1.807) is 0 Å². The average Bonchev–Trinajstić information content (AvgIpc) is 2.74. The molecule has 156 valence electrons. The maximum absolute atomic E-state index is 14.4. The number of anilines is 2. The summed E-state index contributed by atoms with van der Waals surface area (Å²) in [5, 5.41) is 2.31. The van der Waals surface area contributed by atoms with Crippen molar-refractivity contribution < 1.29 is 26.7 Å². The number of para-hydroxylation sites is 2. The third-order valence-corrected chi connectivity index (χ3v) is 5.98. The SMILES string of the molecule is COc1ccc(S(=O)(=O)N(CC(=O)Nc2ccccc2F)c2ccccc2F)cc1. The van der Waals surface area contributed by atoms with E-state index in [-0.39, 0.29) is 16.3 Å². The first kappa shape index (κ1) is 21.3. The number of carbonyl (C=O) groups excluding carboxylic acids is 1. The molecule has 0 atom stereocenters. The zero-order chi connectivity index (χ0) is 21.7. The highest BCUT2D eigenvalue weighted by atomic mass is 32.2. The number of hydrogen-bond donors (Lipinski definition) is 1. The summed E-state index contributed by atoms with van der Waals surface area (Å²) < 4.78 is 60.3. The van der Waals surface area contributed by atoms with Crippen LogP contribution in [0.1, 0.15) is 0 Å². The Balaban J connectivity index is 1.97. The first-order valence-electron chi connectivity index (χ1n) is 8.78. The lowest BCUT2D eigenvalue weighted by atomic mass is 10.3. The summed E-state index contributed by atoms with van der Waals surface area (Å²) >= 11 is 0. The van der Waals surface area contributed by atoms with E-state index < -0.39 is 34.1 Å². The highest BCUT2D eigenvalue weighted by Gasteiger charge is 2.29. The second-order valence-corrected chi connectivity index (χ2v) is 8.03. The van der Waals surface area contributed by atoms with E-state index in [1.165, 1.54) is 67.8 Å². The number of rotatable bonds is 7. The number of methoxy groups -OCH3 is 1. The molecular formula is C21H18F2N2O4S. The van der Waals surface area contributed by atoms with E-state index in [9.17, 15) is 22.0 Å². The fraction of sp³-hybridized carbons (Fsp3) is 0.0952. The monoisotopic (exact) mass is 432 g/mol. The van der Waals surface area contributed by atoms with Gasteiger partial charge in [0.05, 0.1) is 23.4 Å². The lowest BCUT2D eigenvalue weighted by Crippen LogP contribution is -2.38. The van der Waals surface area contributed by atoms with E-state index in [1.807, 2.05) is 0 Å². The number of carbonyl (C=O) groups is 1. The van der Waals surface area contributed by atoms with E-state index >= 15 is 0 Å². The molecule has 6 nitrogen and oxygen atoms in total. The van der Waals surface area contributed by atoms with Crippen LogP contribution in [0.25, 0.3) is 0 Å². The van der Waals surface area contributed by atoms with Crippen molar-refractivity contribution in [3.63, 3.8) is 0 Å². The van der Waals surface area contributed by atoms with Gasteiger partial charge in [0, 0.05) is 0 Å². The van der Waals surface area contributed by atoms with Gasteiger partial charge in [-0.15, -0.1) is 0 Å². The zero-order valence-corrected chi connectivity index (χ0v) is 16.7. The Labute approximate surface area is 172 Å². The molecule has 9 heteroatoms. The zero-order valence-electron chi connectivity index (χ0n) is 15.9. The van der Waals surface area contributed by atoms with Gasteiger partial charge in [0.1, 0.15) is 23.9 Å². The second kappa shape index (κ2) is 8.91. The van der Waals surface area contributed by atoms with Crippen LogP contribution in [0.5, 0.6) is 5.75 Å². The molecule has 0 radical (unpaired) electrons. The van der Waals surface area contributed by atoms with E-state index in [0.717, 1.165) is 12.1 Å². The minimum absolute atomic E-state index is 0.113. The number of hydrogen-bond acceptors (Lipinski definition) is 4. The normalized spacial score (nSPS) is 11.0. The van der Waals surface area contributed by atoms with E-state index in [0.29, 0.717) is 10.1 Å². The summed E-state index contributed by atoms with van der Waals surface area (Å²) in [6.07, 6.45) is 0. The van der Waals surface area contributed by atoms with Gasteiger partial charge in [-0.2, -0.15) is 0 Å². The maximum atomic E-state index is 14.4. The Kier molecular flexibility index (Phi) is 6.31. The number of nitrogens with one attached hydrogen (secondary N) is 1. The molecule has 1 amide bonds. The van der Waals surface area contributed by atoms with Crippen LogP contribution in [-0.2, 0) is 14.8 Å². The van der Waals surface area contributed by atoms with Crippen LogP contribution >= 0.6 is 0 Å². The van der Waals surface area contributed by atoms with Crippen LogP contribution in [0.3, 0.4) is 0 Å². The summed E-state index contributed by atoms with van der Waals surface area (Å²) in [5.41, 5.74) is -0.421. The van der Waals surface area contributed by atoms with Crippen LogP contribution in [0.4, 0.5) is 20.2 Å². The maximum Gasteiger partial charge on any atom is 0.264 e. The van der Waals surface area contributed by atoms with Crippen LogP contribution < -0.4 is 14.4 Å². The number of nitrogens with zero attached hydrogens (tertiary/aromatic N) is 1. The minimum atomic E-state index is -4.32. The quantitative estimate of drug-likeness (QED) is 0.616. The first-order valence-corrected chi connectivity index (χ1v) is 10.2. The van der Waals surface area contributed by atoms with E-state index in [4.69, 9.17) is 4.74 Å². The Bertz CT molecular complexity index is 1150. The molecule has 3 aromatic carbocycles. The highest BCUT2D eigenvalue weighted by molar-refractivity contribution is 7.92. The van der Waals surface area contributed by atoms with Gasteiger partial charge in [-0.05, 0) is 48.5 Å². The van der Waals surface area contributed by atoms with Crippen molar-refractivity contribution in [2.24, 2.45) is 0 Å². The number of sulfonamides is 1. The van der Waals surface area contributed by atoms with Crippen molar-refractivity contribution in [1.82, 2.24) is 0 Å². The van der Waals surface area contributed by atoms with Crippen LogP contribution in [-0.4, -0.2) is 28.0 Å². The van der Waals surface area contributed by atoms with Crippen molar-refractivity contribution in [2.75, 3.05) is 23.3 Å². The summed E-state index contributed by atoms with van der Waals surface area (Å²) in [7, 11) is -2.88.